The lowest BCUT2D eigenvalue weighted by atomic mass is 9.97. The van der Waals surface area contributed by atoms with Crippen LogP contribution in [0.1, 0.15) is 23.2 Å². The highest BCUT2D eigenvalue weighted by Gasteiger charge is 2.24. The Balaban J connectivity index is 1.32. The van der Waals surface area contributed by atoms with Crippen molar-refractivity contribution >= 4 is 16.9 Å². The third kappa shape index (κ3) is 3.47. The largest absolute Gasteiger partial charge is 0.493 e. The molecule has 0 bridgehead atoms. The summed E-state index contributed by atoms with van der Waals surface area (Å²) >= 11 is 0. The van der Waals surface area contributed by atoms with Crippen molar-refractivity contribution < 1.29 is 9.53 Å². The van der Waals surface area contributed by atoms with Crippen LogP contribution in [0.15, 0.2) is 48.5 Å². The van der Waals surface area contributed by atoms with Crippen LogP contribution in [0.3, 0.4) is 0 Å². The molecular weight excluding hydrogens is 316 g/mol. The molecule has 0 spiro atoms. The van der Waals surface area contributed by atoms with E-state index < -0.39 is 0 Å². The summed E-state index contributed by atoms with van der Waals surface area (Å²) in [5, 5.41) is 10.6. The van der Waals surface area contributed by atoms with Crippen LogP contribution in [0.5, 0.6) is 5.75 Å². The Kier molecular flexibility index (Phi) is 4.33. The van der Waals surface area contributed by atoms with E-state index in [-0.39, 0.29) is 5.91 Å². The van der Waals surface area contributed by atoms with Gasteiger partial charge < -0.3 is 9.64 Å². The number of likely N-dealkylation sites (tertiary alicyclic amines) is 1. The van der Waals surface area contributed by atoms with Crippen LogP contribution in [-0.4, -0.2) is 45.9 Å². The van der Waals surface area contributed by atoms with Crippen LogP contribution in [0.25, 0.3) is 11.0 Å². The maximum atomic E-state index is 12.7. The molecule has 6 heteroatoms. The van der Waals surface area contributed by atoms with Gasteiger partial charge in [0.25, 0.3) is 5.91 Å². The molecule has 1 aliphatic heterocycles. The Bertz CT molecular complexity index is 854. The van der Waals surface area contributed by atoms with E-state index in [2.05, 4.69) is 15.4 Å². The number of nitrogens with one attached hydrogen (secondary N) is 1. The molecule has 2 heterocycles. The van der Waals surface area contributed by atoms with Gasteiger partial charge in [0.15, 0.2) is 0 Å². The highest BCUT2D eigenvalue weighted by Crippen LogP contribution is 2.21. The van der Waals surface area contributed by atoms with Gasteiger partial charge in [-0.15, -0.1) is 0 Å². The molecule has 0 radical (unpaired) electrons. The predicted molar refractivity (Wildman–Crippen MR) is 94.5 cm³/mol. The number of amides is 1. The summed E-state index contributed by atoms with van der Waals surface area (Å²) in [5.74, 6) is 1.46. The molecule has 0 aliphatic carbocycles. The highest BCUT2D eigenvalue weighted by atomic mass is 16.5. The number of aromatic nitrogens is 3. The number of hydrogen-bond donors (Lipinski definition) is 1. The van der Waals surface area contributed by atoms with Crippen LogP contribution in [0, 0.1) is 5.92 Å². The first-order chi connectivity index (χ1) is 12.3. The van der Waals surface area contributed by atoms with E-state index in [1.54, 1.807) is 6.07 Å². The van der Waals surface area contributed by atoms with Gasteiger partial charge in [0.1, 0.15) is 16.8 Å². The molecule has 1 aliphatic rings. The molecule has 25 heavy (non-hydrogen) atoms. The van der Waals surface area contributed by atoms with Gasteiger partial charge in [-0.1, -0.05) is 18.2 Å². The summed E-state index contributed by atoms with van der Waals surface area (Å²) < 4.78 is 5.84. The molecular formula is C19H20N4O2. The molecule has 1 fully saturated rings. The van der Waals surface area contributed by atoms with E-state index in [0.29, 0.717) is 18.1 Å². The number of fused-ring (bicyclic) bond motifs is 1. The van der Waals surface area contributed by atoms with Crippen molar-refractivity contribution in [3.8, 4) is 5.75 Å². The molecule has 1 amide bonds. The molecule has 128 valence electrons. The van der Waals surface area contributed by atoms with E-state index in [0.717, 1.165) is 42.7 Å². The number of piperidine rings is 1. The SMILES string of the molecule is O=C(c1ccc2n[nH]nc2c1)N1CCC(COc2ccccc2)CC1. The molecule has 6 nitrogen and oxygen atoms in total. The van der Waals surface area contributed by atoms with Gasteiger partial charge >= 0.3 is 0 Å². The molecule has 2 aromatic carbocycles. The van der Waals surface area contributed by atoms with Gasteiger partial charge in [0.2, 0.25) is 0 Å². The fraction of sp³-hybridized carbons (Fsp3) is 0.316. The normalized spacial score (nSPS) is 15.4. The van der Waals surface area contributed by atoms with Crippen molar-refractivity contribution in [2.24, 2.45) is 5.92 Å². The summed E-state index contributed by atoms with van der Waals surface area (Å²) in [6.45, 7) is 2.23. The topological polar surface area (TPSA) is 71.1 Å². The Hall–Kier alpha value is -2.89. The lowest BCUT2D eigenvalue weighted by Crippen LogP contribution is -2.39. The Morgan fingerprint density at radius 1 is 1.08 bits per heavy atom. The number of rotatable bonds is 4. The lowest BCUT2D eigenvalue weighted by Gasteiger charge is -2.32. The molecule has 1 saturated heterocycles. The molecule has 1 aromatic heterocycles. The van der Waals surface area contributed by atoms with E-state index in [4.69, 9.17) is 4.74 Å². The van der Waals surface area contributed by atoms with Crippen LogP contribution in [0.2, 0.25) is 0 Å². The Morgan fingerprint density at radius 3 is 2.64 bits per heavy atom. The first-order valence-electron chi connectivity index (χ1n) is 8.57. The maximum Gasteiger partial charge on any atom is 0.253 e. The summed E-state index contributed by atoms with van der Waals surface area (Å²) in [7, 11) is 0. The first kappa shape index (κ1) is 15.6. The number of nitrogens with zero attached hydrogens (tertiary/aromatic N) is 3. The highest BCUT2D eigenvalue weighted by molar-refractivity contribution is 5.97. The second-order valence-corrected chi connectivity index (χ2v) is 6.39. The lowest BCUT2D eigenvalue weighted by molar-refractivity contribution is 0.0661. The van der Waals surface area contributed by atoms with Crippen molar-refractivity contribution in [3.05, 3.63) is 54.1 Å². The average molecular weight is 336 g/mol. The van der Waals surface area contributed by atoms with Gasteiger partial charge in [-0.2, -0.15) is 15.4 Å². The van der Waals surface area contributed by atoms with Gasteiger partial charge in [-0.05, 0) is 49.1 Å². The summed E-state index contributed by atoms with van der Waals surface area (Å²) in [6, 6.07) is 15.3. The number of carbonyl (C=O) groups excluding carboxylic acids is 1. The number of H-pyrrole nitrogens is 1. The summed E-state index contributed by atoms with van der Waals surface area (Å²) in [4.78, 5) is 14.6. The molecule has 0 saturated carbocycles. The predicted octanol–water partition coefficient (Wildman–Crippen LogP) is 2.89. The second-order valence-electron chi connectivity index (χ2n) is 6.39. The van der Waals surface area contributed by atoms with Crippen molar-refractivity contribution in [1.29, 1.82) is 0 Å². The fourth-order valence-corrected chi connectivity index (χ4v) is 3.19. The van der Waals surface area contributed by atoms with Crippen molar-refractivity contribution in [1.82, 2.24) is 20.3 Å². The van der Waals surface area contributed by atoms with E-state index in [1.807, 2.05) is 47.4 Å². The van der Waals surface area contributed by atoms with Crippen LogP contribution < -0.4 is 4.74 Å². The van der Waals surface area contributed by atoms with Gasteiger partial charge in [-0.3, -0.25) is 4.79 Å². The second kappa shape index (κ2) is 6.93. The number of aromatic amines is 1. The van der Waals surface area contributed by atoms with Crippen LogP contribution in [-0.2, 0) is 0 Å². The van der Waals surface area contributed by atoms with E-state index in [9.17, 15) is 4.79 Å². The van der Waals surface area contributed by atoms with Crippen molar-refractivity contribution in [2.45, 2.75) is 12.8 Å². The monoisotopic (exact) mass is 336 g/mol. The van der Waals surface area contributed by atoms with Crippen LogP contribution >= 0.6 is 0 Å². The van der Waals surface area contributed by atoms with Gasteiger partial charge in [-0.25, -0.2) is 0 Å². The zero-order valence-corrected chi connectivity index (χ0v) is 13.9. The summed E-state index contributed by atoms with van der Waals surface area (Å²) in [6.07, 6.45) is 1.93. The minimum atomic E-state index is 0.0623. The zero-order valence-electron chi connectivity index (χ0n) is 13.9. The number of ether oxygens (including phenoxy) is 1. The smallest absolute Gasteiger partial charge is 0.253 e. The minimum absolute atomic E-state index is 0.0623. The molecule has 0 unspecified atom stereocenters. The minimum Gasteiger partial charge on any atom is -0.493 e. The van der Waals surface area contributed by atoms with Crippen molar-refractivity contribution in [3.63, 3.8) is 0 Å². The Labute approximate surface area is 145 Å². The van der Waals surface area contributed by atoms with Crippen molar-refractivity contribution in [2.75, 3.05) is 19.7 Å². The number of hydrogen-bond acceptors (Lipinski definition) is 4. The molecule has 3 aromatic rings. The maximum absolute atomic E-state index is 12.7. The van der Waals surface area contributed by atoms with Crippen LogP contribution in [0.4, 0.5) is 0 Å². The molecule has 1 N–H and O–H groups in total. The number of para-hydroxylation sites is 1. The average Bonchev–Trinajstić information content (AvgIpc) is 3.15. The van der Waals surface area contributed by atoms with E-state index >= 15 is 0 Å². The fourth-order valence-electron chi connectivity index (χ4n) is 3.19. The molecule has 0 atom stereocenters. The van der Waals surface area contributed by atoms with Gasteiger partial charge in [0.05, 0.1) is 6.61 Å². The quantitative estimate of drug-likeness (QED) is 0.795. The van der Waals surface area contributed by atoms with Gasteiger partial charge in [0, 0.05) is 18.7 Å². The summed E-state index contributed by atoms with van der Waals surface area (Å²) in [5.41, 5.74) is 2.16. The number of carbonyl (C=O) groups is 1. The molecule has 4 rings (SSSR count). The number of benzene rings is 2. The Morgan fingerprint density at radius 2 is 1.84 bits per heavy atom. The third-order valence-electron chi connectivity index (χ3n) is 4.69. The zero-order chi connectivity index (χ0) is 17.1. The first-order valence-corrected chi connectivity index (χ1v) is 8.57. The third-order valence-corrected chi connectivity index (χ3v) is 4.69. The standard InChI is InChI=1S/C19H20N4O2/c24-19(15-6-7-17-18(12-15)21-22-20-17)23-10-8-14(9-11-23)13-25-16-4-2-1-3-5-16/h1-7,12,14H,8-11,13H2,(H,20,21,22). The van der Waals surface area contributed by atoms with E-state index in [1.165, 1.54) is 0 Å².